The molecule has 6 heteroatoms. The Kier molecular flexibility index (Phi) is 5.30. The van der Waals surface area contributed by atoms with Crippen molar-refractivity contribution >= 4 is 24.0 Å². The molecule has 30 heavy (non-hydrogen) atoms. The molecule has 0 atom stereocenters. The molecule has 6 nitrogen and oxygen atoms in total. The van der Waals surface area contributed by atoms with Crippen LogP contribution >= 0.6 is 0 Å². The minimum absolute atomic E-state index is 0.0126. The number of aryl methyl sites for hydroxylation is 1. The lowest BCUT2D eigenvalue weighted by Crippen LogP contribution is -2.18. The largest absolute Gasteiger partial charge is 0.478 e. The molecule has 2 N–H and O–H groups in total. The van der Waals surface area contributed by atoms with Gasteiger partial charge in [-0.3, -0.25) is 5.32 Å². The van der Waals surface area contributed by atoms with Crippen molar-refractivity contribution in [3.05, 3.63) is 89.1 Å². The zero-order valence-corrected chi connectivity index (χ0v) is 16.3. The highest BCUT2D eigenvalue weighted by Crippen LogP contribution is 2.44. The maximum Gasteiger partial charge on any atom is 0.412 e. The van der Waals surface area contributed by atoms with Crippen LogP contribution in [0.1, 0.15) is 28.3 Å². The summed E-state index contributed by atoms with van der Waals surface area (Å²) >= 11 is 0. The molecule has 0 aliphatic heterocycles. The van der Waals surface area contributed by atoms with Gasteiger partial charge in [-0.2, -0.15) is 0 Å². The molecule has 0 spiro atoms. The molecule has 1 aliphatic rings. The van der Waals surface area contributed by atoms with Crippen LogP contribution in [-0.2, 0) is 9.53 Å². The van der Waals surface area contributed by atoms with Crippen molar-refractivity contribution in [1.82, 2.24) is 4.98 Å². The number of carbonyl (C=O) groups excluding carboxylic acids is 1. The first-order valence-electron chi connectivity index (χ1n) is 9.53. The van der Waals surface area contributed by atoms with Gasteiger partial charge in [0.2, 0.25) is 0 Å². The highest BCUT2D eigenvalue weighted by molar-refractivity contribution is 5.86. The molecule has 1 heterocycles. The topological polar surface area (TPSA) is 88.5 Å². The fourth-order valence-electron chi connectivity index (χ4n) is 3.72. The number of pyridine rings is 1. The highest BCUT2D eigenvalue weighted by atomic mass is 16.5. The van der Waals surface area contributed by atoms with E-state index in [1.165, 1.54) is 17.2 Å². The molecule has 0 bridgehead atoms. The fourth-order valence-corrected chi connectivity index (χ4v) is 3.72. The number of carboxylic acid groups (broad SMARTS) is 1. The summed E-state index contributed by atoms with van der Waals surface area (Å²) in [5, 5.41) is 11.4. The van der Waals surface area contributed by atoms with Gasteiger partial charge in [0.1, 0.15) is 12.4 Å². The van der Waals surface area contributed by atoms with E-state index < -0.39 is 12.1 Å². The van der Waals surface area contributed by atoms with Crippen LogP contribution in [0.2, 0.25) is 0 Å². The van der Waals surface area contributed by atoms with Crippen molar-refractivity contribution in [2.75, 3.05) is 11.9 Å². The summed E-state index contributed by atoms with van der Waals surface area (Å²) in [4.78, 5) is 27.3. The lowest BCUT2D eigenvalue weighted by Gasteiger charge is -2.14. The number of benzene rings is 2. The number of carboxylic acids is 1. The predicted molar refractivity (Wildman–Crippen MR) is 114 cm³/mol. The van der Waals surface area contributed by atoms with Crippen LogP contribution in [0.5, 0.6) is 0 Å². The second kappa shape index (κ2) is 8.21. The van der Waals surface area contributed by atoms with E-state index in [0.29, 0.717) is 17.1 Å². The van der Waals surface area contributed by atoms with Gasteiger partial charge in [0.05, 0.1) is 0 Å². The summed E-state index contributed by atoms with van der Waals surface area (Å²) < 4.78 is 5.51. The number of ether oxygens (including phenoxy) is 1. The van der Waals surface area contributed by atoms with Gasteiger partial charge in [-0.05, 0) is 52.9 Å². The summed E-state index contributed by atoms with van der Waals surface area (Å²) in [5.74, 6) is -0.700. The average Bonchev–Trinajstić information content (AvgIpc) is 3.05. The Balaban J connectivity index is 1.43. The van der Waals surface area contributed by atoms with Gasteiger partial charge >= 0.3 is 12.1 Å². The van der Waals surface area contributed by atoms with Crippen LogP contribution in [-0.4, -0.2) is 28.8 Å². The molecule has 1 aliphatic carbocycles. The Morgan fingerprint density at radius 3 is 2.27 bits per heavy atom. The van der Waals surface area contributed by atoms with Gasteiger partial charge < -0.3 is 9.84 Å². The maximum atomic E-state index is 12.3. The second-order valence-corrected chi connectivity index (χ2v) is 6.99. The van der Waals surface area contributed by atoms with Crippen LogP contribution in [0.4, 0.5) is 10.6 Å². The predicted octanol–water partition coefficient (Wildman–Crippen LogP) is 4.85. The molecule has 3 aromatic rings. The van der Waals surface area contributed by atoms with Gasteiger partial charge in [0.15, 0.2) is 0 Å². The number of carbonyl (C=O) groups is 2. The lowest BCUT2D eigenvalue weighted by atomic mass is 9.98. The molecule has 1 aromatic heterocycles. The normalized spacial score (nSPS) is 12.4. The molecule has 0 unspecified atom stereocenters. The first-order valence-corrected chi connectivity index (χ1v) is 9.53. The number of nitrogens with one attached hydrogen (secondary N) is 1. The molecule has 150 valence electrons. The molecular weight excluding hydrogens is 380 g/mol. The van der Waals surface area contributed by atoms with Crippen LogP contribution < -0.4 is 5.32 Å². The molecule has 0 fully saturated rings. The zero-order chi connectivity index (χ0) is 21.1. The minimum Gasteiger partial charge on any atom is -0.478 e. The van der Waals surface area contributed by atoms with Crippen molar-refractivity contribution < 1.29 is 19.4 Å². The smallest absolute Gasteiger partial charge is 0.412 e. The first kappa shape index (κ1) is 19.4. The number of amides is 1. The third-order valence-corrected chi connectivity index (χ3v) is 5.11. The number of aliphatic carboxylic acids is 1. The minimum atomic E-state index is -1.03. The van der Waals surface area contributed by atoms with Crippen molar-refractivity contribution in [1.29, 1.82) is 0 Å². The van der Waals surface area contributed by atoms with Crippen molar-refractivity contribution in [3.63, 3.8) is 0 Å². The number of hydrogen-bond donors (Lipinski definition) is 2. The highest BCUT2D eigenvalue weighted by Gasteiger charge is 2.29. The summed E-state index contributed by atoms with van der Waals surface area (Å²) in [7, 11) is 0. The SMILES string of the molecule is Cc1nc(NC(=O)OCC2c3ccccc3-c3ccccc32)ccc1/C=C/C(=O)O. The van der Waals surface area contributed by atoms with Crippen molar-refractivity contribution in [2.24, 2.45) is 0 Å². The Hall–Kier alpha value is -3.93. The molecular formula is C24H20N2O4. The van der Waals surface area contributed by atoms with Gasteiger partial charge in [-0.1, -0.05) is 48.5 Å². The third-order valence-electron chi connectivity index (χ3n) is 5.11. The molecule has 0 radical (unpaired) electrons. The summed E-state index contributed by atoms with van der Waals surface area (Å²) in [6.45, 7) is 1.96. The van der Waals surface area contributed by atoms with Gasteiger partial charge in [-0.25, -0.2) is 14.6 Å². The van der Waals surface area contributed by atoms with Crippen LogP contribution in [0, 0.1) is 6.92 Å². The molecule has 4 rings (SSSR count). The summed E-state index contributed by atoms with van der Waals surface area (Å²) in [6.07, 6.45) is 1.92. The Labute approximate surface area is 173 Å². The summed E-state index contributed by atoms with van der Waals surface area (Å²) in [5.41, 5.74) is 5.90. The van der Waals surface area contributed by atoms with E-state index in [1.54, 1.807) is 19.1 Å². The number of hydrogen-bond acceptors (Lipinski definition) is 4. The number of aromatic nitrogens is 1. The van der Waals surface area contributed by atoms with Crippen LogP contribution in [0.15, 0.2) is 66.7 Å². The van der Waals surface area contributed by atoms with E-state index in [2.05, 4.69) is 34.6 Å². The maximum absolute atomic E-state index is 12.3. The number of nitrogens with zero attached hydrogens (tertiary/aromatic N) is 1. The number of anilines is 1. The Morgan fingerprint density at radius 1 is 1.03 bits per heavy atom. The average molecular weight is 400 g/mol. The first-order chi connectivity index (χ1) is 14.5. The molecule has 0 saturated heterocycles. The fraction of sp³-hybridized carbons (Fsp3) is 0.125. The van der Waals surface area contributed by atoms with E-state index in [0.717, 1.165) is 17.2 Å². The van der Waals surface area contributed by atoms with Gasteiger partial charge in [-0.15, -0.1) is 0 Å². The standard InChI is InChI=1S/C24H20N2O4/c1-15-16(11-13-23(27)28)10-12-22(25-15)26-24(29)30-14-21-19-8-4-2-6-17(19)18-7-3-5-9-20(18)21/h2-13,21H,14H2,1H3,(H,27,28)(H,25,26,29)/b13-11+. The monoisotopic (exact) mass is 400 g/mol. The van der Waals surface area contributed by atoms with E-state index in [-0.39, 0.29) is 12.5 Å². The zero-order valence-electron chi connectivity index (χ0n) is 16.3. The van der Waals surface area contributed by atoms with E-state index >= 15 is 0 Å². The molecule has 2 aromatic carbocycles. The number of fused-ring (bicyclic) bond motifs is 3. The van der Waals surface area contributed by atoms with Crippen molar-refractivity contribution in [3.8, 4) is 11.1 Å². The van der Waals surface area contributed by atoms with E-state index in [1.807, 2.05) is 24.3 Å². The Morgan fingerprint density at radius 2 is 1.67 bits per heavy atom. The van der Waals surface area contributed by atoms with Crippen LogP contribution in [0.25, 0.3) is 17.2 Å². The van der Waals surface area contributed by atoms with E-state index in [4.69, 9.17) is 9.84 Å². The molecule has 1 amide bonds. The number of rotatable bonds is 5. The second-order valence-electron chi connectivity index (χ2n) is 6.99. The van der Waals surface area contributed by atoms with Crippen molar-refractivity contribution in [2.45, 2.75) is 12.8 Å². The molecule has 0 saturated carbocycles. The van der Waals surface area contributed by atoms with Crippen LogP contribution in [0.3, 0.4) is 0 Å². The summed E-state index contributed by atoms with van der Waals surface area (Å²) in [6, 6.07) is 19.6. The third kappa shape index (κ3) is 3.93. The lowest BCUT2D eigenvalue weighted by molar-refractivity contribution is -0.131. The van der Waals surface area contributed by atoms with Gasteiger partial charge in [0, 0.05) is 17.7 Å². The van der Waals surface area contributed by atoms with E-state index in [9.17, 15) is 9.59 Å². The van der Waals surface area contributed by atoms with Gasteiger partial charge in [0.25, 0.3) is 0 Å². The Bertz CT molecular complexity index is 1110. The quantitative estimate of drug-likeness (QED) is 0.598.